The molecule has 0 bridgehead atoms. The molecule has 0 aromatic heterocycles. The van der Waals surface area contributed by atoms with Crippen LogP contribution in [0.1, 0.15) is 37.7 Å². The predicted octanol–water partition coefficient (Wildman–Crippen LogP) is 2.94. The molecule has 1 aliphatic rings. The van der Waals surface area contributed by atoms with Gasteiger partial charge in [0.1, 0.15) is 5.75 Å². The minimum atomic E-state index is 0.428. The lowest BCUT2D eigenvalue weighted by molar-refractivity contribution is 0.270. The topological polar surface area (TPSA) is 21.3 Å². The molecule has 1 aromatic rings. The predicted molar refractivity (Wildman–Crippen MR) is 74.8 cm³/mol. The van der Waals surface area contributed by atoms with Crippen LogP contribution < -0.4 is 10.1 Å². The maximum Gasteiger partial charge on any atom is 0.118 e. The van der Waals surface area contributed by atoms with Crippen molar-refractivity contribution in [1.82, 2.24) is 5.32 Å². The number of methoxy groups -OCH3 is 1. The highest BCUT2D eigenvalue weighted by molar-refractivity contribution is 5.30. The molecule has 18 heavy (non-hydrogen) atoms. The zero-order valence-corrected chi connectivity index (χ0v) is 11.1. The molecule has 1 saturated carbocycles. The fourth-order valence-corrected chi connectivity index (χ4v) is 2.54. The minimum absolute atomic E-state index is 0.428. The first-order chi connectivity index (χ1) is 8.72. The zero-order chi connectivity index (χ0) is 13.0. The van der Waals surface area contributed by atoms with Crippen LogP contribution in [-0.4, -0.2) is 19.2 Å². The Balaban J connectivity index is 1.79. The summed E-state index contributed by atoms with van der Waals surface area (Å²) in [5.41, 5.74) is 1.42. The standard InChI is InChI=1S/C16H21NO/c1-4-5-12(2)17-15-10-14(11-15)13-6-8-16(18-3)9-7-13/h1,6-9,12,14-15,17H,5,10-11H2,2-3H3. The quantitative estimate of drug-likeness (QED) is 0.803. The van der Waals surface area contributed by atoms with Crippen LogP contribution in [0.5, 0.6) is 5.75 Å². The van der Waals surface area contributed by atoms with E-state index in [1.165, 1.54) is 18.4 Å². The van der Waals surface area contributed by atoms with Crippen molar-refractivity contribution in [2.45, 2.75) is 44.2 Å². The Morgan fingerprint density at radius 1 is 1.39 bits per heavy atom. The molecule has 0 amide bonds. The summed E-state index contributed by atoms with van der Waals surface area (Å²) in [5.74, 6) is 4.31. The monoisotopic (exact) mass is 243 g/mol. The zero-order valence-electron chi connectivity index (χ0n) is 11.1. The van der Waals surface area contributed by atoms with Gasteiger partial charge in [0.15, 0.2) is 0 Å². The number of hydrogen-bond donors (Lipinski definition) is 1. The van der Waals surface area contributed by atoms with Gasteiger partial charge in [-0.25, -0.2) is 0 Å². The van der Waals surface area contributed by atoms with E-state index in [9.17, 15) is 0 Å². The van der Waals surface area contributed by atoms with Crippen molar-refractivity contribution in [3.8, 4) is 18.1 Å². The summed E-state index contributed by atoms with van der Waals surface area (Å²) in [6.07, 6.45) is 8.54. The third-order valence-corrected chi connectivity index (χ3v) is 3.67. The Morgan fingerprint density at radius 2 is 2.06 bits per heavy atom. The lowest BCUT2D eigenvalue weighted by Gasteiger charge is -2.38. The Morgan fingerprint density at radius 3 is 2.61 bits per heavy atom. The maximum absolute atomic E-state index is 5.31. The summed E-state index contributed by atoms with van der Waals surface area (Å²) < 4.78 is 5.17. The molecule has 1 unspecified atom stereocenters. The van der Waals surface area contributed by atoms with Gasteiger partial charge in [0.2, 0.25) is 0 Å². The maximum atomic E-state index is 5.31. The van der Waals surface area contributed by atoms with E-state index in [1.807, 2.05) is 12.1 Å². The fourth-order valence-electron chi connectivity index (χ4n) is 2.54. The summed E-state index contributed by atoms with van der Waals surface area (Å²) in [7, 11) is 1.70. The van der Waals surface area contributed by atoms with E-state index in [2.05, 4.69) is 30.3 Å². The molecule has 1 aromatic carbocycles. The Bertz CT molecular complexity index is 412. The van der Waals surface area contributed by atoms with E-state index in [0.717, 1.165) is 12.2 Å². The highest BCUT2D eigenvalue weighted by Crippen LogP contribution is 2.37. The summed E-state index contributed by atoms with van der Waals surface area (Å²) in [6, 6.07) is 9.47. The molecule has 1 fully saturated rings. The largest absolute Gasteiger partial charge is 0.497 e. The van der Waals surface area contributed by atoms with Gasteiger partial charge in [-0.15, -0.1) is 12.3 Å². The average Bonchev–Trinajstić information content (AvgIpc) is 2.34. The molecule has 1 N–H and O–H groups in total. The molecule has 2 rings (SSSR count). The van der Waals surface area contributed by atoms with Gasteiger partial charge in [-0.1, -0.05) is 12.1 Å². The van der Waals surface area contributed by atoms with Crippen LogP contribution in [0.4, 0.5) is 0 Å². The normalized spacial score (nSPS) is 23.8. The van der Waals surface area contributed by atoms with Gasteiger partial charge in [0, 0.05) is 18.5 Å². The van der Waals surface area contributed by atoms with E-state index < -0.39 is 0 Å². The summed E-state index contributed by atoms with van der Waals surface area (Å²) >= 11 is 0. The molecular formula is C16H21NO. The van der Waals surface area contributed by atoms with Crippen molar-refractivity contribution < 1.29 is 4.74 Å². The first-order valence-corrected chi connectivity index (χ1v) is 6.56. The van der Waals surface area contributed by atoms with Crippen LogP contribution in [0.25, 0.3) is 0 Å². The summed E-state index contributed by atoms with van der Waals surface area (Å²) in [6.45, 7) is 2.15. The molecule has 0 heterocycles. The van der Waals surface area contributed by atoms with Crippen molar-refractivity contribution in [1.29, 1.82) is 0 Å². The Kier molecular flexibility index (Phi) is 4.28. The van der Waals surface area contributed by atoms with E-state index >= 15 is 0 Å². The molecule has 96 valence electrons. The average molecular weight is 243 g/mol. The van der Waals surface area contributed by atoms with Crippen LogP contribution in [0.15, 0.2) is 24.3 Å². The van der Waals surface area contributed by atoms with Gasteiger partial charge in [-0.3, -0.25) is 0 Å². The van der Waals surface area contributed by atoms with Crippen LogP contribution in [0.3, 0.4) is 0 Å². The summed E-state index contributed by atoms with van der Waals surface area (Å²) in [4.78, 5) is 0. The second kappa shape index (κ2) is 5.93. The minimum Gasteiger partial charge on any atom is -0.497 e. The second-order valence-electron chi connectivity index (χ2n) is 5.11. The van der Waals surface area contributed by atoms with E-state index in [0.29, 0.717) is 18.0 Å². The van der Waals surface area contributed by atoms with Gasteiger partial charge in [0.25, 0.3) is 0 Å². The fraction of sp³-hybridized carbons (Fsp3) is 0.500. The number of ether oxygens (including phenoxy) is 1. The number of benzene rings is 1. The van der Waals surface area contributed by atoms with Crippen molar-refractivity contribution in [3.05, 3.63) is 29.8 Å². The molecule has 0 aliphatic heterocycles. The number of terminal acetylenes is 1. The molecule has 0 saturated heterocycles. The SMILES string of the molecule is C#CCC(C)NC1CC(c2ccc(OC)cc2)C1. The van der Waals surface area contributed by atoms with Gasteiger partial charge >= 0.3 is 0 Å². The molecular weight excluding hydrogens is 222 g/mol. The Labute approximate surface area is 110 Å². The third kappa shape index (κ3) is 3.05. The lowest BCUT2D eigenvalue weighted by Crippen LogP contribution is -2.44. The van der Waals surface area contributed by atoms with E-state index in [1.54, 1.807) is 7.11 Å². The molecule has 2 heteroatoms. The van der Waals surface area contributed by atoms with Crippen molar-refractivity contribution >= 4 is 0 Å². The van der Waals surface area contributed by atoms with Crippen LogP contribution in [0, 0.1) is 12.3 Å². The van der Waals surface area contributed by atoms with Gasteiger partial charge in [-0.05, 0) is 43.4 Å². The number of hydrogen-bond acceptors (Lipinski definition) is 2. The Hall–Kier alpha value is -1.46. The first-order valence-electron chi connectivity index (χ1n) is 6.56. The van der Waals surface area contributed by atoms with Gasteiger partial charge in [-0.2, -0.15) is 0 Å². The second-order valence-corrected chi connectivity index (χ2v) is 5.11. The van der Waals surface area contributed by atoms with Crippen molar-refractivity contribution in [3.63, 3.8) is 0 Å². The smallest absolute Gasteiger partial charge is 0.118 e. The number of nitrogens with one attached hydrogen (secondary N) is 1. The summed E-state index contributed by atoms with van der Waals surface area (Å²) in [5, 5.41) is 3.57. The third-order valence-electron chi connectivity index (χ3n) is 3.67. The van der Waals surface area contributed by atoms with Crippen LogP contribution in [-0.2, 0) is 0 Å². The van der Waals surface area contributed by atoms with Crippen LogP contribution >= 0.6 is 0 Å². The van der Waals surface area contributed by atoms with Gasteiger partial charge in [0.05, 0.1) is 7.11 Å². The number of rotatable bonds is 5. The van der Waals surface area contributed by atoms with Gasteiger partial charge < -0.3 is 10.1 Å². The van der Waals surface area contributed by atoms with E-state index in [4.69, 9.17) is 11.2 Å². The van der Waals surface area contributed by atoms with Crippen LogP contribution in [0.2, 0.25) is 0 Å². The molecule has 0 radical (unpaired) electrons. The molecule has 0 spiro atoms. The van der Waals surface area contributed by atoms with Crippen molar-refractivity contribution in [2.24, 2.45) is 0 Å². The lowest BCUT2D eigenvalue weighted by atomic mass is 9.75. The molecule has 1 aliphatic carbocycles. The van der Waals surface area contributed by atoms with E-state index in [-0.39, 0.29) is 0 Å². The highest BCUT2D eigenvalue weighted by Gasteiger charge is 2.30. The molecule has 2 nitrogen and oxygen atoms in total. The van der Waals surface area contributed by atoms with Crippen molar-refractivity contribution in [2.75, 3.05) is 7.11 Å². The molecule has 1 atom stereocenters. The highest BCUT2D eigenvalue weighted by atomic mass is 16.5. The first kappa shape index (κ1) is 13.0.